The smallest absolute Gasteiger partial charge is 0.184 e. The van der Waals surface area contributed by atoms with E-state index in [1.54, 1.807) is 0 Å². The van der Waals surface area contributed by atoms with Gasteiger partial charge in [-0.05, 0) is 40.5 Å². The molecule has 0 amide bonds. The maximum absolute atomic E-state index is 5.70. The van der Waals surface area contributed by atoms with Gasteiger partial charge in [-0.3, -0.25) is 0 Å². The van der Waals surface area contributed by atoms with Gasteiger partial charge in [-0.2, -0.15) is 0 Å². The molecule has 0 aromatic heterocycles. The molecule has 2 nitrogen and oxygen atoms in total. The normalized spacial score (nSPS) is 26.9. The van der Waals surface area contributed by atoms with E-state index in [1.807, 2.05) is 0 Å². The van der Waals surface area contributed by atoms with Crippen LogP contribution in [0.3, 0.4) is 0 Å². The largest absolute Gasteiger partial charge is 0.476 e. The standard InChI is InChI=1S/C13H23NO/c1-8(2)10(4)9(3)7-13-14-11(5)12(6)15-13/h9,11-12H,7H2,1-6H3. The lowest BCUT2D eigenvalue weighted by molar-refractivity contribution is 0.211. The second kappa shape index (κ2) is 4.82. The van der Waals surface area contributed by atoms with E-state index in [2.05, 4.69) is 46.5 Å². The van der Waals surface area contributed by atoms with Crippen LogP contribution in [0.15, 0.2) is 16.1 Å². The fourth-order valence-electron chi connectivity index (χ4n) is 1.68. The third-order valence-electron chi connectivity index (χ3n) is 3.36. The molecule has 1 heterocycles. The van der Waals surface area contributed by atoms with Crippen LogP contribution in [0.2, 0.25) is 0 Å². The number of nitrogens with zero attached hydrogens (tertiary/aromatic N) is 1. The van der Waals surface area contributed by atoms with E-state index in [9.17, 15) is 0 Å². The monoisotopic (exact) mass is 209 g/mol. The van der Waals surface area contributed by atoms with Crippen molar-refractivity contribution in [3.8, 4) is 0 Å². The second-order valence-corrected chi connectivity index (χ2v) is 4.87. The molecule has 0 radical (unpaired) electrons. The van der Waals surface area contributed by atoms with Crippen LogP contribution in [0.5, 0.6) is 0 Å². The Morgan fingerprint density at radius 1 is 1.33 bits per heavy atom. The first kappa shape index (κ1) is 12.3. The van der Waals surface area contributed by atoms with Gasteiger partial charge < -0.3 is 4.74 Å². The predicted molar refractivity (Wildman–Crippen MR) is 65.3 cm³/mol. The summed E-state index contributed by atoms with van der Waals surface area (Å²) in [4.78, 5) is 4.52. The molecule has 3 unspecified atom stereocenters. The quantitative estimate of drug-likeness (QED) is 0.651. The van der Waals surface area contributed by atoms with Crippen molar-refractivity contribution in [2.24, 2.45) is 10.9 Å². The van der Waals surface area contributed by atoms with Gasteiger partial charge in [0.1, 0.15) is 6.10 Å². The molecule has 1 rings (SSSR count). The topological polar surface area (TPSA) is 21.6 Å². The lowest BCUT2D eigenvalue weighted by atomic mass is 9.95. The molecule has 1 aliphatic rings. The molecule has 0 fully saturated rings. The van der Waals surface area contributed by atoms with E-state index < -0.39 is 0 Å². The van der Waals surface area contributed by atoms with Crippen molar-refractivity contribution in [3.05, 3.63) is 11.1 Å². The minimum Gasteiger partial charge on any atom is -0.476 e. The molecule has 1 aliphatic heterocycles. The number of hydrogen-bond donors (Lipinski definition) is 0. The minimum atomic E-state index is 0.249. The Labute approximate surface area is 93.4 Å². The summed E-state index contributed by atoms with van der Waals surface area (Å²) < 4.78 is 5.70. The molecule has 0 N–H and O–H groups in total. The molecule has 0 aromatic carbocycles. The van der Waals surface area contributed by atoms with Crippen molar-refractivity contribution in [1.29, 1.82) is 0 Å². The van der Waals surface area contributed by atoms with Gasteiger partial charge in [0, 0.05) is 6.42 Å². The summed E-state index contributed by atoms with van der Waals surface area (Å²) in [5.74, 6) is 1.47. The minimum absolute atomic E-state index is 0.249. The molecule has 0 bridgehead atoms. The third-order valence-corrected chi connectivity index (χ3v) is 3.36. The van der Waals surface area contributed by atoms with Crippen LogP contribution in [0.4, 0.5) is 0 Å². The number of hydrogen-bond acceptors (Lipinski definition) is 2. The summed E-state index contributed by atoms with van der Waals surface area (Å²) in [5.41, 5.74) is 2.86. The lowest BCUT2D eigenvalue weighted by Gasteiger charge is -2.14. The van der Waals surface area contributed by atoms with Gasteiger partial charge >= 0.3 is 0 Å². The van der Waals surface area contributed by atoms with Crippen molar-refractivity contribution in [1.82, 2.24) is 0 Å². The average molecular weight is 209 g/mol. The Morgan fingerprint density at radius 2 is 1.93 bits per heavy atom. The first-order valence-corrected chi connectivity index (χ1v) is 5.79. The first-order valence-electron chi connectivity index (χ1n) is 5.79. The van der Waals surface area contributed by atoms with Gasteiger partial charge in [-0.15, -0.1) is 0 Å². The first-order chi connectivity index (χ1) is 6.91. The van der Waals surface area contributed by atoms with Gasteiger partial charge in [0.2, 0.25) is 0 Å². The van der Waals surface area contributed by atoms with Crippen LogP contribution < -0.4 is 0 Å². The number of ether oxygens (including phenoxy) is 1. The molecular weight excluding hydrogens is 186 g/mol. The summed E-state index contributed by atoms with van der Waals surface area (Å²) >= 11 is 0. The highest BCUT2D eigenvalue weighted by Gasteiger charge is 2.24. The fraction of sp³-hybridized carbons (Fsp3) is 0.769. The van der Waals surface area contributed by atoms with Crippen molar-refractivity contribution in [2.75, 3.05) is 0 Å². The Bertz CT molecular complexity index is 287. The van der Waals surface area contributed by atoms with Crippen LogP contribution in [-0.2, 0) is 4.74 Å². The van der Waals surface area contributed by atoms with E-state index in [4.69, 9.17) is 4.74 Å². The van der Waals surface area contributed by atoms with Crippen molar-refractivity contribution >= 4 is 5.90 Å². The van der Waals surface area contributed by atoms with Crippen LogP contribution in [0.25, 0.3) is 0 Å². The molecule has 0 aromatic rings. The van der Waals surface area contributed by atoms with E-state index in [-0.39, 0.29) is 6.10 Å². The van der Waals surface area contributed by atoms with E-state index in [1.165, 1.54) is 11.1 Å². The van der Waals surface area contributed by atoms with Gasteiger partial charge in [0.05, 0.1) is 6.04 Å². The molecule has 15 heavy (non-hydrogen) atoms. The fourth-order valence-corrected chi connectivity index (χ4v) is 1.68. The molecule has 0 spiro atoms. The third kappa shape index (κ3) is 3.08. The maximum atomic E-state index is 5.70. The summed E-state index contributed by atoms with van der Waals surface area (Å²) in [6.07, 6.45) is 1.19. The Morgan fingerprint density at radius 3 is 2.33 bits per heavy atom. The Hall–Kier alpha value is -0.790. The number of aliphatic imine (C=N–C) groups is 1. The van der Waals surface area contributed by atoms with E-state index in [0.29, 0.717) is 12.0 Å². The Balaban J connectivity index is 2.57. The highest BCUT2D eigenvalue weighted by atomic mass is 16.5. The predicted octanol–water partition coefficient (Wildman–Crippen LogP) is 3.57. The molecule has 0 saturated heterocycles. The van der Waals surface area contributed by atoms with Crippen LogP contribution in [0, 0.1) is 5.92 Å². The van der Waals surface area contributed by atoms with Gasteiger partial charge in [0.15, 0.2) is 5.90 Å². The molecule has 0 aliphatic carbocycles. The van der Waals surface area contributed by atoms with Crippen LogP contribution in [-0.4, -0.2) is 18.0 Å². The van der Waals surface area contributed by atoms with Gasteiger partial charge in [-0.25, -0.2) is 4.99 Å². The van der Waals surface area contributed by atoms with E-state index in [0.717, 1.165) is 12.3 Å². The van der Waals surface area contributed by atoms with Gasteiger partial charge in [-0.1, -0.05) is 18.1 Å². The summed E-state index contributed by atoms with van der Waals surface area (Å²) in [6, 6.07) is 0.319. The van der Waals surface area contributed by atoms with Crippen molar-refractivity contribution in [2.45, 2.75) is 60.1 Å². The highest BCUT2D eigenvalue weighted by molar-refractivity contribution is 5.78. The second-order valence-electron chi connectivity index (χ2n) is 4.87. The van der Waals surface area contributed by atoms with Crippen LogP contribution in [0.1, 0.15) is 48.0 Å². The van der Waals surface area contributed by atoms with Gasteiger partial charge in [0.25, 0.3) is 0 Å². The zero-order valence-electron chi connectivity index (χ0n) is 10.8. The molecule has 0 saturated carbocycles. The lowest BCUT2D eigenvalue weighted by Crippen LogP contribution is -2.15. The number of allylic oxidation sites excluding steroid dienone is 2. The molecule has 2 heteroatoms. The summed E-state index contributed by atoms with van der Waals surface area (Å²) in [5, 5.41) is 0. The summed E-state index contributed by atoms with van der Waals surface area (Å²) in [6.45, 7) is 12.9. The van der Waals surface area contributed by atoms with Crippen molar-refractivity contribution in [3.63, 3.8) is 0 Å². The number of rotatable bonds is 3. The molecular formula is C13H23NO. The zero-order chi connectivity index (χ0) is 11.6. The molecule has 3 atom stereocenters. The average Bonchev–Trinajstić information content (AvgIpc) is 2.44. The van der Waals surface area contributed by atoms with Crippen LogP contribution >= 0.6 is 0 Å². The van der Waals surface area contributed by atoms with Crippen molar-refractivity contribution < 1.29 is 4.74 Å². The SMILES string of the molecule is CC(C)=C(C)C(C)CC1=NC(C)C(C)O1. The molecule has 86 valence electrons. The van der Waals surface area contributed by atoms with E-state index >= 15 is 0 Å². The Kier molecular flexibility index (Phi) is 3.95. The summed E-state index contributed by atoms with van der Waals surface area (Å²) in [7, 11) is 0. The highest BCUT2D eigenvalue weighted by Crippen LogP contribution is 2.22. The zero-order valence-corrected chi connectivity index (χ0v) is 10.8. The maximum Gasteiger partial charge on any atom is 0.184 e.